The number of fused-ring (bicyclic) bond motifs is 1. The second-order valence-corrected chi connectivity index (χ2v) is 13.1. The van der Waals surface area contributed by atoms with E-state index >= 15 is 0 Å². The maximum atomic E-state index is 14.4. The van der Waals surface area contributed by atoms with E-state index in [1.807, 2.05) is 23.7 Å². The molecule has 9 nitrogen and oxygen atoms in total. The summed E-state index contributed by atoms with van der Waals surface area (Å²) >= 11 is 0. The molecule has 2 amide bonds. The van der Waals surface area contributed by atoms with Crippen LogP contribution in [0.3, 0.4) is 0 Å². The monoisotopic (exact) mass is 647 g/mol. The number of amides is 2. The average Bonchev–Trinajstić information content (AvgIpc) is 3.57. The molecule has 2 fully saturated rings. The molecule has 2 saturated carbocycles. The highest BCUT2D eigenvalue weighted by Gasteiger charge is 2.49. The smallest absolute Gasteiger partial charge is 0.382 e. The highest BCUT2D eigenvalue weighted by molar-refractivity contribution is 6.10. The van der Waals surface area contributed by atoms with Crippen LogP contribution in [0.1, 0.15) is 90.8 Å². The van der Waals surface area contributed by atoms with Crippen LogP contribution in [0.25, 0.3) is 0 Å². The number of benzene rings is 2. The molecule has 47 heavy (non-hydrogen) atoms. The van der Waals surface area contributed by atoms with Crippen LogP contribution in [0.4, 0.5) is 24.5 Å². The Morgan fingerprint density at radius 1 is 1.13 bits per heavy atom. The Hall–Kier alpha value is -4.37. The first-order valence-corrected chi connectivity index (χ1v) is 16.2. The van der Waals surface area contributed by atoms with Gasteiger partial charge in [0.2, 0.25) is 0 Å². The third-order valence-electron chi connectivity index (χ3n) is 9.58. The van der Waals surface area contributed by atoms with E-state index in [9.17, 15) is 22.8 Å². The first kappa shape index (κ1) is 32.6. The van der Waals surface area contributed by atoms with E-state index in [1.165, 1.54) is 4.90 Å². The third-order valence-corrected chi connectivity index (χ3v) is 9.58. The van der Waals surface area contributed by atoms with Gasteiger partial charge in [0.25, 0.3) is 11.8 Å². The third kappa shape index (κ3) is 6.59. The minimum absolute atomic E-state index is 0.00909. The van der Waals surface area contributed by atoms with Gasteiger partial charge in [-0.25, -0.2) is 0 Å². The van der Waals surface area contributed by atoms with E-state index in [2.05, 4.69) is 51.0 Å². The van der Waals surface area contributed by atoms with Gasteiger partial charge in [0, 0.05) is 43.1 Å². The van der Waals surface area contributed by atoms with Crippen molar-refractivity contribution in [1.29, 1.82) is 0 Å². The van der Waals surface area contributed by atoms with E-state index in [1.54, 1.807) is 19.3 Å². The van der Waals surface area contributed by atoms with Crippen LogP contribution in [-0.4, -0.2) is 45.7 Å². The van der Waals surface area contributed by atoms with E-state index in [4.69, 9.17) is 0 Å². The summed E-state index contributed by atoms with van der Waals surface area (Å²) in [5.41, 5.74) is 1.63. The van der Waals surface area contributed by atoms with Crippen molar-refractivity contribution in [2.24, 2.45) is 13.0 Å². The summed E-state index contributed by atoms with van der Waals surface area (Å²) in [5.74, 6) is 5.41. The van der Waals surface area contributed by atoms with E-state index in [0.717, 1.165) is 55.2 Å². The number of hydrogen-bond donors (Lipinski definition) is 3. The van der Waals surface area contributed by atoms with Crippen molar-refractivity contribution in [2.45, 2.75) is 83.1 Å². The maximum Gasteiger partial charge on any atom is 0.416 e. The Balaban J connectivity index is 1.28. The summed E-state index contributed by atoms with van der Waals surface area (Å²) in [6.45, 7) is 4.60. The Morgan fingerprint density at radius 3 is 2.55 bits per heavy atom. The number of anilines is 2. The summed E-state index contributed by atoms with van der Waals surface area (Å²) in [7, 11) is 1.92. The molecule has 3 aliphatic rings. The zero-order valence-electron chi connectivity index (χ0n) is 26.9. The summed E-state index contributed by atoms with van der Waals surface area (Å²) < 4.78 is 45.2. The number of hydrogen-bond acceptors (Lipinski definition) is 6. The Morgan fingerprint density at radius 2 is 1.91 bits per heavy atom. The van der Waals surface area contributed by atoms with E-state index in [-0.39, 0.29) is 30.1 Å². The normalized spacial score (nSPS) is 20.6. The van der Waals surface area contributed by atoms with Gasteiger partial charge in [0.1, 0.15) is 12.2 Å². The predicted molar refractivity (Wildman–Crippen MR) is 173 cm³/mol. The molecule has 1 aliphatic heterocycles. The van der Waals surface area contributed by atoms with Crippen molar-refractivity contribution in [3.05, 3.63) is 70.3 Å². The number of aryl methyl sites for hydroxylation is 1. The second-order valence-electron chi connectivity index (χ2n) is 13.1. The molecule has 0 spiro atoms. The second kappa shape index (κ2) is 13.0. The number of carbonyl (C=O) groups is 2. The number of halogens is 3. The lowest BCUT2D eigenvalue weighted by Crippen LogP contribution is -2.43. The minimum atomic E-state index is -4.63. The van der Waals surface area contributed by atoms with Crippen molar-refractivity contribution < 1.29 is 22.8 Å². The first-order chi connectivity index (χ1) is 22.5. The first-order valence-electron chi connectivity index (χ1n) is 16.2. The molecule has 2 heterocycles. The van der Waals surface area contributed by atoms with Crippen LogP contribution < -0.4 is 20.9 Å². The molecule has 0 saturated heterocycles. The van der Waals surface area contributed by atoms with E-state index in [0.29, 0.717) is 42.7 Å². The molecule has 248 valence electrons. The van der Waals surface area contributed by atoms with Crippen molar-refractivity contribution in [1.82, 2.24) is 25.4 Å². The van der Waals surface area contributed by atoms with Crippen molar-refractivity contribution in [3.8, 4) is 11.8 Å². The van der Waals surface area contributed by atoms with Gasteiger partial charge in [-0.05, 0) is 111 Å². The number of rotatable bonds is 11. The lowest BCUT2D eigenvalue weighted by atomic mass is 9.58. The van der Waals surface area contributed by atoms with Gasteiger partial charge >= 0.3 is 6.18 Å². The Bertz CT molecular complexity index is 1730. The average molecular weight is 648 g/mol. The fraction of sp³-hybridized carbons (Fsp3) is 0.486. The maximum absolute atomic E-state index is 14.4. The Kier molecular flexibility index (Phi) is 9.03. The van der Waals surface area contributed by atoms with E-state index < -0.39 is 23.1 Å². The molecule has 3 aromatic rings. The number of aromatic nitrogens is 3. The number of nitrogens with zero attached hydrogens (tertiary/aromatic N) is 4. The SMILES string of the molecule is CC#CC(=O)NCCCNCc1cc2c(c(C(F)(F)F)c1)CN(c1cc(NC3CCC3)cc(C3(c4nncn4C)CC(C)C3)c1)C2=O. The molecule has 12 heteroatoms. The van der Waals surface area contributed by atoms with Gasteiger partial charge < -0.3 is 25.4 Å². The molecule has 1 aromatic heterocycles. The quantitative estimate of drug-likeness (QED) is 0.193. The van der Waals surface area contributed by atoms with Gasteiger partial charge in [0.15, 0.2) is 0 Å². The van der Waals surface area contributed by atoms with Crippen LogP contribution in [0.2, 0.25) is 0 Å². The molecule has 3 N–H and O–H groups in total. The molecule has 6 rings (SSSR count). The zero-order valence-corrected chi connectivity index (χ0v) is 26.9. The van der Waals surface area contributed by atoms with Gasteiger partial charge in [-0.1, -0.05) is 12.8 Å². The zero-order chi connectivity index (χ0) is 33.3. The van der Waals surface area contributed by atoms with Gasteiger partial charge in [-0.15, -0.1) is 10.2 Å². The number of alkyl halides is 3. The predicted octanol–water partition coefficient (Wildman–Crippen LogP) is 5.29. The van der Waals surface area contributed by atoms with Crippen molar-refractivity contribution >= 4 is 23.2 Å². The fourth-order valence-corrected chi connectivity index (χ4v) is 7.15. The molecular formula is C35H40F3N7O2. The van der Waals surface area contributed by atoms with Crippen LogP contribution in [0.5, 0.6) is 0 Å². The minimum Gasteiger partial charge on any atom is -0.382 e. The number of nitrogens with one attached hydrogen (secondary N) is 3. The standard InChI is InChI=1S/C35H40F3N7O2/c1-4-7-31(46)40-11-6-10-39-19-23-12-28-29(30(13-23)35(36,37)38)20-45(32(28)47)27-15-24(14-26(16-27)42-25-8-5-9-25)34(17-22(2)18-34)33-43-41-21-44(33)3/h12-16,21-22,25,39,42H,5-6,8-11,17-20H2,1-3H3,(H,40,46). The summed E-state index contributed by atoms with van der Waals surface area (Å²) in [6.07, 6.45) is 2.58. The molecule has 0 radical (unpaired) electrons. The summed E-state index contributed by atoms with van der Waals surface area (Å²) in [4.78, 5) is 26.9. The molecule has 0 bridgehead atoms. The van der Waals surface area contributed by atoms with Crippen LogP contribution in [-0.2, 0) is 36.5 Å². The number of carbonyl (C=O) groups excluding carboxylic acids is 2. The van der Waals surface area contributed by atoms with Crippen molar-refractivity contribution in [3.63, 3.8) is 0 Å². The fourth-order valence-electron chi connectivity index (χ4n) is 7.15. The topological polar surface area (TPSA) is 104 Å². The van der Waals surface area contributed by atoms with Crippen molar-refractivity contribution in [2.75, 3.05) is 23.3 Å². The molecule has 0 unspecified atom stereocenters. The largest absolute Gasteiger partial charge is 0.416 e. The van der Waals surface area contributed by atoms with Gasteiger partial charge in [-0.3, -0.25) is 9.59 Å². The molecule has 2 aromatic carbocycles. The van der Waals surface area contributed by atoms with Gasteiger partial charge in [-0.2, -0.15) is 13.2 Å². The Labute approximate surface area is 272 Å². The highest BCUT2D eigenvalue weighted by Crippen LogP contribution is 2.53. The van der Waals surface area contributed by atoms with Crippen LogP contribution >= 0.6 is 0 Å². The van der Waals surface area contributed by atoms with Crippen LogP contribution in [0.15, 0.2) is 36.7 Å². The molecule has 0 atom stereocenters. The summed E-state index contributed by atoms with van der Waals surface area (Å²) in [5, 5.41) is 18.0. The molecular weight excluding hydrogens is 607 g/mol. The molecule has 2 aliphatic carbocycles. The highest BCUT2D eigenvalue weighted by atomic mass is 19.4. The van der Waals surface area contributed by atoms with Gasteiger partial charge in [0.05, 0.1) is 17.5 Å². The summed E-state index contributed by atoms with van der Waals surface area (Å²) in [6, 6.07) is 8.99. The lowest BCUT2D eigenvalue weighted by Gasteiger charge is -2.46. The van der Waals surface area contributed by atoms with Crippen LogP contribution in [0, 0.1) is 17.8 Å². The lowest BCUT2D eigenvalue weighted by molar-refractivity contribution is -0.138.